The SMILES string of the molecule is CCOCc1c(C)c2cnc(Nc3ccc(C(CCCI)CNC(=O)OC(C)(C)C)cn3)nc2n(C2CCCC2)c1=O. The van der Waals surface area contributed by atoms with Crippen molar-refractivity contribution in [2.45, 2.75) is 97.3 Å². The third-order valence-electron chi connectivity index (χ3n) is 7.55. The van der Waals surface area contributed by atoms with Gasteiger partial charge in [0.15, 0.2) is 0 Å². The number of ether oxygens (including phenoxy) is 2. The number of aromatic nitrogens is 4. The number of carbonyl (C=O) groups excluding carboxylic acids is 1. The van der Waals surface area contributed by atoms with E-state index in [0.29, 0.717) is 36.1 Å². The molecule has 0 aliphatic heterocycles. The highest BCUT2D eigenvalue weighted by atomic mass is 127. The first-order valence-electron chi connectivity index (χ1n) is 14.9. The fourth-order valence-electron chi connectivity index (χ4n) is 5.39. The molecule has 0 bridgehead atoms. The van der Waals surface area contributed by atoms with Gasteiger partial charge in [-0.15, -0.1) is 0 Å². The number of amides is 1. The number of pyridine rings is 2. The maximum atomic E-state index is 13.7. The third kappa shape index (κ3) is 8.18. The molecule has 228 valence electrons. The largest absolute Gasteiger partial charge is 0.444 e. The number of nitrogens with one attached hydrogen (secondary N) is 2. The van der Waals surface area contributed by atoms with Gasteiger partial charge < -0.3 is 20.1 Å². The summed E-state index contributed by atoms with van der Waals surface area (Å²) in [6.45, 7) is 10.7. The van der Waals surface area contributed by atoms with Crippen LogP contribution in [0.15, 0.2) is 29.3 Å². The first kappa shape index (κ1) is 32.1. The number of anilines is 2. The summed E-state index contributed by atoms with van der Waals surface area (Å²) in [5.41, 5.74) is 2.65. The van der Waals surface area contributed by atoms with Crippen LogP contribution in [0.1, 0.15) is 94.9 Å². The van der Waals surface area contributed by atoms with E-state index in [-0.39, 0.29) is 24.1 Å². The quantitative estimate of drug-likeness (QED) is 0.159. The Morgan fingerprint density at radius 1 is 1.19 bits per heavy atom. The summed E-state index contributed by atoms with van der Waals surface area (Å²) < 4.78 is 13.9. The summed E-state index contributed by atoms with van der Waals surface area (Å²) in [6, 6.07) is 4.03. The highest BCUT2D eigenvalue weighted by molar-refractivity contribution is 14.1. The zero-order chi connectivity index (χ0) is 30.3. The molecule has 0 aromatic carbocycles. The number of aryl methyl sites for hydroxylation is 1. The molecule has 1 unspecified atom stereocenters. The molecule has 0 saturated heterocycles. The van der Waals surface area contributed by atoms with Gasteiger partial charge in [0.25, 0.3) is 5.56 Å². The fourth-order valence-corrected chi connectivity index (χ4v) is 5.83. The van der Waals surface area contributed by atoms with Crippen molar-refractivity contribution in [3.63, 3.8) is 0 Å². The van der Waals surface area contributed by atoms with E-state index in [4.69, 9.17) is 14.5 Å². The van der Waals surface area contributed by atoms with Crippen LogP contribution in [0.2, 0.25) is 0 Å². The lowest BCUT2D eigenvalue weighted by Gasteiger charge is -2.22. The number of halogens is 1. The number of carbonyl (C=O) groups is 1. The van der Waals surface area contributed by atoms with E-state index in [9.17, 15) is 9.59 Å². The van der Waals surface area contributed by atoms with Crippen molar-refractivity contribution in [1.29, 1.82) is 0 Å². The molecule has 3 aromatic rings. The lowest BCUT2D eigenvalue weighted by atomic mass is 9.96. The fraction of sp³-hybridized carbons (Fsp3) is 0.581. The Morgan fingerprint density at radius 2 is 1.95 bits per heavy atom. The molecular formula is C31H43IN6O4. The molecule has 1 fully saturated rings. The van der Waals surface area contributed by atoms with Gasteiger partial charge >= 0.3 is 6.09 Å². The van der Waals surface area contributed by atoms with Crippen molar-refractivity contribution < 1.29 is 14.3 Å². The standard InChI is InChI=1S/C31H43IN6O4/c1-6-41-19-25-20(2)24-18-34-29(37-27(24)38(28(25)39)23-11-7-8-12-23)36-26-14-13-22(16-33-26)21(10-9-15-32)17-35-30(40)42-31(3,4)5/h13-14,16,18,21,23H,6-12,15,17,19H2,1-5H3,(H,35,40)(H,33,34,36,37). The van der Waals surface area contributed by atoms with E-state index < -0.39 is 11.7 Å². The molecule has 4 rings (SSSR count). The van der Waals surface area contributed by atoms with Gasteiger partial charge in [0.1, 0.15) is 17.1 Å². The number of hydrogen-bond acceptors (Lipinski definition) is 8. The van der Waals surface area contributed by atoms with E-state index in [1.54, 1.807) is 6.20 Å². The molecule has 1 aliphatic rings. The molecule has 1 aliphatic carbocycles. The Hall–Kier alpha value is -2.80. The Morgan fingerprint density at radius 3 is 2.60 bits per heavy atom. The number of nitrogens with zero attached hydrogens (tertiary/aromatic N) is 4. The predicted octanol–water partition coefficient (Wildman–Crippen LogP) is 6.71. The second-order valence-corrected chi connectivity index (χ2v) is 12.9. The van der Waals surface area contributed by atoms with Gasteiger partial charge in [-0.3, -0.25) is 9.36 Å². The van der Waals surface area contributed by atoms with E-state index in [2.05, 4.69) is 43.2 Å². The van der Waals surface area contributed by atoms with Crippen LogP contribution < -0.4 is 16.2 Å². The molecule has 3 heterocycles. The summed E-state index contributed by atoms with van der Waals surface area (Å²) in [7, 11) is 0. The summed E-state index contributed by atoms with van der Waals surface area (Å²) in [5.74, 6) is 1.10. The minimum Gasteiger partial charge on any atom is -0.444 e. The molecule has 3 aromatic heterocycles. The number of alkyl carbamates (subject to hydrolysis) is 1. The summed E-state index contributed by atoms with van der Waals surface area (Å²) in [4.78, 5) is 39.9. The lowest BCUT2D eigenvalue weighted by molar-refractivity contribution is 0.0524. The molecule has 1 amide bonds. The zero-order valence-corrected chi connectivity index (χ0v) is 27.5. The molecular weight excluding hydrogens is 647 g/mol. The third-order valence-corrected chi connectivity index (χ3v) is 8.31. The topological polar surface area (TPSA) is 120 Å². The van der Waals surface area contributed by atoms with Crippen molar-refractivity contribution in [3.8, 4) is 0 Å². The van der Waals surface area contributed by atoms with Crippen molar-refractivity contribution in [1.82, 2.24) is 24.8 Å². The first-order valence-corrected chi connectivity index (χ1v) is 16.4. The molecule has 0 radical (unpaired) electrons. The number of hydrogen-bond donors (Lipinski definition) is 2. The average molecular weight is 691 g/mol. The summed E-state index contributed by atoms with van der Waals surface area (Å²) in [6.07, 6.45) is 9.28. The van der Waals surface area contributed by atoms with E-state index in [1.165, 1.54) is 0 Å². The van der Waals surface area contributed by atoms with Gasteiger partial charge in [-0.2, -0.15) is 4.98 Å². The Kier molecular flexibility index (Phi) is 11.2. The normalized spacial score (nSPS) is 14.7. The highest BCUT2D eigenvalue weighted by Crippen LogP contribution is 2.32. The smallest absolute Gasteiger partial charge is 0.407 e. The van der Waals surface area contributed by atoms with Crippen LogP contribution in [0, 0.1) is 6.92 Å². The minimum atomic E-state index is -0.544. The zero-order valence-electron chi connectivity index (χ0n) is 25.3. The lowest BCUT2D eigenvalue weighted by Crippen LogP contribution is -2.34. The Bertz CT molecular complexity index is 1410. The average Bonchev–Trinajstić information content (AvgIpc) is 3.47. The molecule has 2 N–H and O–H groups in total. The highest BCUT2D eigenvalue weighted by Gasteiger charge is 2.25. The van der Waals surface area contributed by atoms with Gasteiger partial charge in [0.05, 0.1) is 6.61 Å². The van der Waals surface area contributed by atoms with Crippen molar-refractivity contribution in [2.24, 2.45) is 0 Å². The number of fused-ring (bicyclic) bond motifs is 1. The Labute approximate surface area is 261 Å². The van der Waals surface area contributed by atoms with Crippen LogP contribution in [-0.4, -0.2) is 48.8 Å². The van der Waals surface area contributed by atoms with Gasteiger partial charge in [-0.1, -0.05) is 41.5 Å². The van der Waals surface area contributed by atoms with Crippen molar-refractivity contribution in [3.05, 3.63) is 51.6 Å². The minimum absolute atomic E-state index is 0.0231. The molecule has 42 heavy (non-hydrogen) atoms. The predicted molar refractivity (Wildman–Crippen MR) is 174 cm³/mol. The van der Waals surface area contributed by atoms with Crippen molar-refractivity contribution in [2.75, 3.05) is 22.9 Å². The molecule has 11 heteroatoms. The molecule has 1 saturated carbocycles. The van der Waals surface area contributed by atoms with E-state index in [0.717, 1.165) is 59.5 Å². The molecule has 1 atom stereocenters. The number of alkyl halides is 1. The monoisotopic (exact) mass is 690 g/mol. The maximum Gasteiger partial charge on any atom is 0.407 e. The van der Waals surface area contributed by atoms with Crippen molar-refractivity contribution >= 4 is 51.5 Å². The summed E-state index contributed by atoms with van der Waals surface area (Å²) in [5, 5.41) is 6.99. The van der Waals surface area contributed by atoms with Crippen LogP contribution >= 0.6 is 22.6 Å². The summed E-state index contributed by atoms with van der Waals surface area (Å²) >= 11 is 2.37. The van der Waals surface area contributed by atoms with Crippen LogP contribution in [0.5, 0.6) is 0 Å². The van der Waals surface area contributed by atoms with E-state index >= 15 is 0 Å². The number of rotatable bonds is 12. The van der Waals surface area contributed by atoms with Gasteiger partial charge in [0, 0.05) is 48.5 Å². The van der Waals surface area contributed by atoms with Crippen LogP contribution in [0.3, 0.4) is 0 Å². The van der Waals surface area contributed by atoms with Crippen LogP contribution in [0.25, 0.3) is 11.0 Å². The second kappa shape index (κ2) is 14.6. The maximum absolute atomic E-state index is 13.7. The van der Waals surface area contributed by atoms with Gasteiger partial charge in [-0.25, -0.2) is 14.8 Å². The van der Waals surface area contributed by atoms with Gasteiger partial charge in [-0.05, 0) is 81.9 Å². The van der Waals surface area contributed by atoms with Gasteiger partial charge in [0.2, 0.25) is 5.95 Å². The second-order valence-electron chi connectivity index (χ2n) is 11.8. The first-order chi connectivity index (χ1) is 20.1. The molecule has 10 nitrogen and oxygen atoms in total. The Balaban J connectivity index is 1.57. The van der Waals surface area contributed by atoms with Crippen LogP contribution in [-0.2, 0) is 16.1 Å². The van der Waals surface area contributed by atoms with Crippen LogP contribution in [0.4, 0.5) is 16.6 Å². The van der Waals surface area contributed by atoms with E-state index in [1.807, 2.05) is 57.5 Å². The molecule has 0 spiro atoms.